The van der Waals surface area contributed by atoms with Crippen molar-refractivity contribution in [3.8, 4) is 0 Å². The Balaban J connectivity index is 1.78. The molecule has 0 aromatic rings. The molecule has 3 nitrogen and oxygen atoms in total. The monoisotopic (exact) mass is 227 g/mol. The molecule has 16 heavy (non-hydrogen) atoms. The lowest BCUT2D eigenvalue weighted by atomic mass is 9.87. The van der Waals surface area contributed by atoms with Gasteiger partial charge in [-0.25, -0.2) is 0 Å². The normalized spacial score (nSPS) is 30.2. The standard InChI is InChI=1S/C13H25NO2/c1-14-13(11-5-8-15-9-6-11)10-12-4-2-3-7-16-12/h11-14H,2-10H2,1H3. The fourth-order valence-corrected chi connectivity index (χ4v) is 2.94. The Labute approximate surface area is 98.9 Å². The van der Waals surface area contributed by atoms with E-state index in [1.807, 2.05) is 0 Å². The van der Waals surface area contributed by atoms with Crippen LogP contribution in [-0.4, -0.2) is 39.0 Å². The minimum atomic E-state index is 0.494. The zero-order valence-corrected chi connectivity index (χ0v) is 10.4. The number of nitrogens with one attached hydrogen (secondary N) is 1. The van der Waals surface area contributed by atoms with Crippen LogP contribution in [0.15, 0.2) is 0 Å². The molecule has 2 aliphatic rings. The van der Waals surface area contributed by atoms with Crippen LogP contribution in [-0.2, 0) is 9.47 Å². The van der Waals surface area contributed by atoms with Crippen LogP contribution < -0.4 is 5.32 Å². The molecule has 2 unspecified atom stereocenters. The molecule has 2 aliphatic heterocycles. The van der Waals surface area contributed by atoms with Crippen LogP contribution >= 0.6 is 0 Å². The molecule has 0 aromatic heterocycles. The first kappa shape index (κ1) is 12.3. The van der Waals surface area contributed by atoms with Crippen molar-refractivity contribution in [2.24, 2.45) is 5.92 Å². The maximum atomic E-state index is 5.83. The summed E-state index contributed by atoms with van der Waals surface area (Å²) in [6.07, 6.45) is 7.93. The van der Waals surface area contributed by atoms with Gasteiger partial charge >= 0.3 is 0 Å². The Morgan fingerprint density at radius 2 is 1.94 bits per heavy atom. The summed E-state index contributed by atoms with van der Waals surface area (Å²) in [6, 6.07) is 0.618. The molecule has 2 fully saturated rings. The number of hydrogen-bond donors (Lipinski definition) is 1. The van der Waals surface area contributed by atoms with Gasteiger partial charge in [0.25, 0.3) is 0 Å². The van der Waals surface area contributed by atoms with Crippen molar-refractivity contribution in [2.75, 3.05) is 26.9 Å². The Bertz CT molecular complexity index is 186. The fraction of sp³-hybridized carbons (Fsp3) is 1.00. The van der Waals surface area contributed by atoms with E-state index in [4.69, 9.17) is 9.47 Å². The quantitative estimate of drug-likeness (QED) is 0.796. The Kier molecular flexibility index (Phi) is 5.07. The van der Waals surface area contributed by atoms with Gasteiger partial charge in [-0.3, -0.25) is 0 Å². The molecule has 0 bridgehead atoms. The number of hydrogen-bond acceptors (Lipinski definition) is 3. The number of ether oxygens (including phenoxy) is 2. The van der Waals surface area contributed by atoms with Gasteiger partial charge in [0.2, 0.25) is 0 Å². The van der Waals surface area contributed by atoms with E-state index in [1.165, 1.54) is 38.5 Å². The third kappa shape index (κ3) is 3.44. The molecule has 3 heteroatoms. The second-order valence-corrected chi connectivity index (χ2v) is 5.07. The van der Waals surface area contributed by atoms with E-state index in [-0.39, 0.29) is 0 Å². The topological polar surface area (TPSA) is 30.5 Å². The molecule has 0 aromatic carbocycles. The van der Waals surface area contributed by atoms with E-state index in [9.17, 15) is 0 Å². The van der Waals surface area contributed by atoms with E-state index in [0.29, 0.717) is 12.1 Å². The Morgan fingerprint density at radius 1 is 1.12 bits per heavy atom. The van der Waals surface area contributed by atoms with Crippen molar-refractivity contribution in [1.82, 2.24) is 5.32 Å². The summed E-state index contributed by atoms with van der Waals surface area (Å²) >= 11 is 0. The van der Waals surface area contributed by atoms with Crippen LogP contribution in [0.5, 0.6) is 0 Å². The zero-order valence-electron chi connectivity index (χ0n) is 10.4. The lowest BCUT2D eigenvalue weighted by Crippen LogP contribution is -2.40. The zero-order chi connectivity index (χ0) is 11.2. The molecule has 2 rings (SSSR count). The molecule has 2 atom stereocenters. The first-order chi connectivity index (χ1) is 7.90. The molecule has 0 amide bonds. The van der Waals surface area contributed by atoms with E-state index < -0.39 is 0 Å². The van der Waals surface area contributed by atoms with E-state index in [0.717, 1.165) is 25.7 Å². The average Bonchev–Trinajstić information content (AvgIpc) is 2.38. The number of rotatable bonds is 4. The van der Waals surface area contributed by atoms with Gasteiger partial charge in [-0.2, -0.15) is 0 Å². The van der Waals surface area contributed by atoms with Crippen LogP contribution in [0.25, 0.3) is 0 Å². The SMILES string of the molecule is CNC(CC1CCCCO1)C1CCOCC1. The highest BCUT2D eigenvalue weighted by molar-refractivity contribution is 4.81. The molecule has 1 N–H and O–H groups in total. The van der Waals surface area contributed by atoms with Crippen LogP contribution in [0.2, 0.25) is 0 Å². The molecule has 2 heterocycles. The first-order valence-corrected chi connectivity index (χ1v) is 6.76. The van der Waals surface area contributed by atoms with Crippen molar-refractivity contribution in [3.05, 3.63) is 0 Å². The molecule has 0 radical (unpaired) electrons. The maximum Gasteiger partial charge on any atom is 0.0590 e. The third-order valence-electron chi connectivity index (χ3n) is 4.00. The second kappa shape index (κ2) is 6.58. The van der Waals surface area contributed by atoms with Crippen LogP contribution in [0.1, 0.15) is 38.5 Å². The first-order valence-electron chi connectivity index (χ1n) is 6.76. The summed E-state index contributed by atoms with van der Waals surface area (Å²) in [5.41, 5.74) is 0. The van der Waals surface area contributed by atoms with E-state index >= 15 is 0 Å². The van der Waals surface area contributed by atoms with Gasteiger partial charge in [-0.15, -0.1) is 0 Å². The molecule has 2 saturated heterocycles. The van der Waals surface area contributed by atoms with Crippen molar-refractivity contribution in [1.29, 1.82) is 0 Å². The highest BCUT2D eigenvalue weighted by atomic mass is 16.5. The highest BCUT2D eigenvalue weighted by Crippen LogP contribution is 2.25. The van der Waals surface area contributed by atoms with Gasteiger partial charge in [0.1, 0.15) is 0 Å². The van der Waals surface area contributed by atoms with Crippen LogP contribution in [0, 0.1) is 5.92 Å². The summed E-state index contributed by atoms with van der Waals surface area (Å²) in [6.45, 7) is 2.84. The maximum absolute atomic E-state index is 5.83. The molecule has 0 spiro atoms. The summed E-state index contributed by atoms with van der Waals surface area (Å²) in [7, 11) is 2.09. The Hall–Kier alpha value is -0.120. The molecule has 94 valence electrons. The highest BCUT2D eigenvalue weighted by Gasteiger charge is 2.26. The van der Waals surface area contributed by atoms with Gasteiger partial charge < -0.3 is 14.8 Å². The average molecular weight is 227 g/mol. The van der Waals surface area contributed by atoms with Gasteiger partial charge in [0, 0.05) is 25.9 Å². The lowest BCUT2D eigenvalue weighted by Gasteiger charge is -2.33. The van der Waals surface area contributed by atoms with Crippen molar-refractivity contribution in [3.63, 3.8) is 0 Å². The summed E-state index contributed by atoms with van der Waals surface area (Å²) in [5.74, 6) is 0.782. The lowest BCUT2D eigenvalue weighted by molar-refractivity contribution is -0.00747. The van der Waals surface area contributed by atoms with Gasteiger partial charge in [0.15, 0.2) is 0 Å². The predicted octanol–water partition coefficient (Wildman–Crippen LogP) is 1.96. The van der Waals surface area contributed by atoms with Crippen molar-refractivity contribution >= 4 is 0 Å². The molecular weight excluding hydrogens is 202 g/mol. The molecule has 0 aliphatic carbocycles. The second-order valence-electron chi connectivity index (χ2n) is 5.07. The summed E-state index contributed by atoms with van der Waals surface area (Å²) in [5, 5.41) is 3.48. The minimum Gasteiger partial charge on any atom is -0.381 e. The summed E-state index contributed by atoms with van der Waals surface area (Å²) < 4.78 is 11.3. The third-order valence-corrected chi connectivity index (χ3v) is 4.00. The summed E-state index contributed by atoms with van der Waals surface area (Å²) in [4.78, 5) is 0. The predicted molar refractivity (Wildman–Crippen MR) is 64.6 cm³/mol. The van der Waals surface area contributed by atoms with Crippen LogP contribution in [0.3, 0.4) is 0 Å². The van der Waals surface area contributed by atoms with E-state index in [2.05, 4.69) is 12.4 Å². The molecular formula is C13H25NO2. The van der Waals surface area contributed by atoms with Gasteiger partial charge in [-0.05, 0) is 51.5 Å². The van der Waals surface area contributed by atoms with Crippen molar-refractivity contribution in [2.45, 2.75) is 50.7 Å². The minimum absolute atomic E-state index is 0.494. The largest absolute Gasteiger partial charge is 0.381 e. The Morgan fingerprint density at radius 3 is 2.56 bits per heavy atom. The van der Waals surface area contributed by atoms with Crippen molar-refractivity contribution < 1.29 is 9.47 Å². The van der Waals surface area contributed by atoms with Gasteiger partial charge in [-0.1, -0.05) is 0 Å². The molecule has 0 saturated carbocycles. The fourth-order valence-electron chi connectivity index (χ4n) is 2.94. The van der Waals surface area contributed by atoms with Gasteiger partial charge in [0.05, 0.1) is 6.10 Å². The van der Waals surface area contributed by atoms with E-state index in [1.54, 1.807) is 0 Å². The van der Waals surface area contributed by atoms with Crippen LogP contribution in [0.4, 0.5) is 0 Å². The smallest absolute Gasteiger partial charge is 0.0590 e.